The lowest BCUT2D eigenvalue weighted by Gasteiger charge is -2.11. The molecule has 0 aliphatic heterocycles. The van der Waals surface area contributed by atoms with Gasteiger partial charge in [-0.2, -0.15) is 0 Å². The number of sulfonamides is 1. The molecule has 1 unspecified atom stereocenters. The van der Waals surface area contributed by atoms with Crippen LogP contribution in [-0.2, 0) is 14.8 Å². The number of benzene rings is 1. The van der Waals surface area contributed by atoms with Gasteiger partial charge in [0.25, 0.3) is 0 Å². The fourth-order valence-electron chi connectivity index (χ4n) is 1.76. The molecule has 0 saturated heterocycles. The second-order valence-electron chi connectivity index (χ2n) is 4.68. The van der Waals surface area contributed by atoms with E-state index in [1.165, 1.54) is 0 Å². The predicted octanol–water partition coefficient (Wildman–Crippen LogP) is 1.67. The van der Waals surface area contributed by atoms with Crippen LogP contribution in [0.15, 0.2) is 29.2 Å². The summed E-state index contributed by atoms with van der Waals surface area (Å²) in [5.41, 5.74) is 1.06. The second kappa shape index (κ2) is 8.36. The number of unbranched alkanes of at least 4 members (excludes halogenated alkanes) is 1. The first kappa shape index (κ1) is 17.1. The van der Waals surface area contributed by atoms with Crippen LogP contribution >= 0.6 is 0 Å². The van der Waals surface area contributed by atoms with Gasteiger partial charge in [0.05, 0.1) is 4.90 Å². The van der Waals surface area contributed by atoms with Crippen LogP contribution in [0.4, 0.5) is 0 Å². The molecule has 0 aliphatic carbocycles. The van der Waals surface area contributed by atoms with Gasteiger partial charge in [-0.05, 0) is 44.5 Å². The van der Waals surface area contributed by atoms with Crippen LogP contribution in [0, 0.1) is 0 Å². The molecule has 0 amide bonds. The van der Waals surface area contributed by atoms with Gasteiger partial charge < -0.3 is 10.1 Å². The first-order valence-electron chi connectivity index (χ1n) is 6.77. The van der Waals surface area contributed by atoms with Gasteiger partial charge in [-0.1, -0.05) is 12.1 Å². The van der Waals surface area contributed by atoms with Crippen LogP contribution in [0.2, 0.25) is 0 Å². The largest absolute Gasteiger partial charge is 0.385 e. The van der Waals surface area contributed by atoms with E-state index >= 15 is 0 Å². The fraction of sp³-hybridized carbons (Fsp3) is 0.571. The summed E-state index contributed by atoms with van der Waals surface area (Å²) < 4.78 is 31.6. The van der Waals surface area contributed by atoms with E-state index in [0.717, 1.165) is 18.4 Å². The lowest BCUT2D eigenvalue weighted by molar-refractivity contribution is 0.193. The van der Waals surface area contributed by atoms with Crippen LogP contribution in [-0.4, -0.2) is 35.7 Å². The van der Waals surface area contributed by atoms with Gasteiger partial charge in [0.2, 0.25) is 10.0 Å². The minimum absolute atomic E-state index is 0.203. The van der Waals surface area contributed by atoms with Crippen molar-refractivity contribution in [1.82, 2.24) is 10.0 Å². The smallest absolute Gasteiger partial charge is 0.240 e. The van der Waals surface area contributed by atoms with Crippen molar-refractivity contribution in [3.63, 3.8) is 0 Å². The van der Waals surface area contributed by atoms with Crippen molar-refractivity contribution >= 4 is 10.0 Å². The minimum Gasteiger partial charge on any atom is -0.385 e. The maximum Gasteiger partial charge on any atom is 0.240 e. The Balaban J connectivity index is 2.59. The number of rotatable bonds is 9. The molecule has 1 aromatic carbocycles. The summed E-state index contributed by atoms with van der Waals surface area (Å²) in [4.78, 5) is 0.302. The third-order valence-electron chi connectivity index (χ3n) is 3.19. The SMILES string of the molecule is CNC(C)c1ccc(S(=O)(=O)NCCCCOC)cc1. The molecule has 20 heavy (non-hydrogen) atoms. The summed E-state index contributed by atoms with van der Waals surface area (Å²) in [6.45, 7) is 3.11. The molecule has 0 fully saturated rings. The molecule has 1 aromatic rings. The highest BCUT2D eigenvalue weighted by Crippen LogP contribution is 2.15. The Morgan fingerprint density at radius 3 is 2.40 bits per heavy atom. The molecule has 1 rings (SSSR count). The molecule has 0 saturated carbocycles. The van der Waals surface area contributed by atoms with Gasteiger partial charge in [-0.25, -0.2) is 13.1 Å². The van der Waals surface area contributed by atoms with Crippen LogP contribution in [0.3, 0.4) is 0 Å². The van der Waals surface area contributed by atoms with Crippen molar-refractivity contribution in [3.05, 3.63) is 29.8 Å². The van der Waals surface area contributed by atoms with E-state index in [-0.39, 0.29) is 6.04 Å². The molecule has 0 aromatic heterocycles. The summed E-state index contributed by atoms with van der Waals surface area (Å²) in [5, 5.41) is 3.12. The molecule has 0 radical (unpaired) electrons. The zero-order valence-electron chi connectivity index (χ0n) is 12.3. The van der Waals surface area contributed by atoms with Gasteiger partial charge in [-0.3, -0.25) is 0 Å². The van der Waals surface area contributed by atoms with E-state index in [1.54, 1.807) is 19.2 Å². The maximum absolute atomic E-state index is 12.1. The third kappa shape index (κ3) is 5.20. The Morgan fingerprint density at radius 2 is 1.85 bits per heavy atom. The first-order chi connectivity index (χ1) is 9.51. The molecular formula is C14H24N2O3S. The monoisotopic (exact) mass is 300 g/mol. The van der Waals surface area contributed by atoms with Crippen LogP contribution in [0.1, 0.15) is 31.4 Å². The third-order valence-corrected chi connectivity index (χ3v) is 4.67. The maximum atomic E-state index is 12.1. The zero-order valence-corrected chi connectivity index (χ0v) is 13.2. The molecule has 0 heterocycles. The average molecular weight is 300 g/mol. The molecule has 5 nitrogen and oxygen atoms in total. The average Bonchev–Trinajstić information content (AvgIpc) is 2.46. The highest BCUT2D eigenvalue weighted by molar-refractivity contribution is 7.89. The number of ether oxygens (including phenoxy) is 1. The topological polar surface area (TPSA) is 67.4 Å². The van der Waals surface area contributed by atoms with Crippen LogP contribution in [0.25, 0.3) is 0 Å². The van der Waals surface area contributed by atoms with Crippen LogP contribution < -0.4 is 10.0 Å². The normalized spacial score (nSPS) is 13.3. The quantitative estimate of drug-likeness (QED) is 0.681. The Kier molecular flexibility index (Phi) is 7.15. The molecule has 6 heteroatoms. The Labute approximate surface area is 121 Å². The van der Waals surface area contributed by atoms with Crippen molar-refractivity contribution < 1.29 is 13.2 Å². The number of nitrogens with one attached hydrogen (secondary N) is 2. The van der Waals surface area contributed by atoms with Gasteiger partial charge in [0.1, 0.15) is 0 Å². The number of hydrogen-bond donors (Lipinski definition) is 2. The van der Waals surface area contributed by atoms with Gasteiger partial charge in [0.15, 0.2) is 0 Å². The summed E-state index contributed by atoms with van der Waals surface area (Å²) in [6, 6.07) is 7.15. The standard InChI is InChI=1S/C14H24N2O3S/c1-12(15-2)13-6-8-14(9-7-13)20(17,18)16-10-4-5-11-19-3/h6-9,12,15-16H,4-5,10-11H2,1-3H3. The Bertz CT molecular complexity index is 486. The molecule has 1 atom stereocenters. The Morgan fingerprint density at radius 1 is 1.20 bits per heavy atom. The van der Waals surface area contributed by atoms with E-state index in [9.17, 15) is 8.42 Å². The van der Waals surface area contributed by atoms with Gasteiger partial charge >= 0.3 is 0 Å². The lowest BCUT2D eigenvalue weighted by Crippen LogP contribution is -2.25. The highest BCUT2D eigenvalue weighted by atomic mass is 32.2. The van der Waals surface area contributed by atoms with E-state index in [0.29, 0.717) is 18.0 Å². The van der Waals surface area contributed by atoms with Crippen molar-refractivity contribution in [1.29, 1.82) is 0 Å². The second-order valence-corrected chi connectivity index (χ2v) is 6.44. The van der Waals surface area contributed by atoms with Crippen molar-refractivity contribution in [2.24, 2.45) is 0 Å². The molecule has 0 spiro atoms. The van der Waals surface area contributed by atoms with Crippen molar-refractivity contribution in [2.75, 3.05) is 27.3 Å². The molecule has 2 N–H and O–H groups in total. The van der Waals surface area contributed by atoms with Crippen molar-refractivity contribution in [2.45, 2.75) is 30.7 Å². The summed E-state index contributed by atoms with van der Waals surface area (Å²) in [5.74, 6) is 0. The number of methoxy groups -OCH3 is 1. The fourth-order valence-corrected chi connectivity index (χ4v) is 2.84. The number of hydrogen-bond acceptors (Lipinski definition) is 4. The molecule has 0 bridgehead atoms. The lowest BCUT2D eigenvalue weighted by atomic mass is 10.1. The van der Waals surface area contributed by atoms with E-state index in [2.05, 4.69) is 10.0 Å². The van der Waals surface area contributed by atoms with E-state index in [1.807, 2.05) is 26.1 Å². The molecule has 114 valence electrons. The summed E-state index contributed by atoms with van der Waals surface area (Å²) in [7, 11) is 0.101. The zero-order chi connectivity index (χ0) is 15.0. The molecule has 0 aliphatic rings. The van der Waals surface area contributed by atoms with E-state index < -0.39 is 10.0 Å². The highest BCUT2D eigenvalue weighted by Gasteiger charge is 2.13. The van der Waals surface area contributed by atoms with Gasteiger partial charge in [-0.15, -0.1) is 0 Å². The van der Waals surface area contributed by atoms with Gasteiger partial charge in [0, 0.05) is 26.3 Å². The van der Waals surface area contributed by atoms with Crippen LogP contribution in [0.5, 0.6) is 0 Å². The van der Waals surface area contributed by atoms with Crippen molar-refractivity contribution in [3.8, 4) is 0 Å². The van der Waals surface area contributed by atoms with E-state index in [4.69, 9.17) is 4.74 Å². The first-order valence-corrected chi connectivity index (χ1v) is 8.25. The Hall–Kier alpha value is -0.950. The summed E-state index contributed by atoms with van der Waals surface area (Å²) >= 11 is 0. The predicted molar refractivity (Wildman–Crippen MR) is 80.2 cm³/mol. The molecular weight excluding hydrogens is 276 g/mol. The summed E-state index contributed by atoms with van der Waals surface area (Å²) in [6.07, 6.45) is 1.61. The minimum atomic E-state index is -3.41.